The zero-order valence-corrected chi connectivity index (χ0v) is 18.7. The van der Waals surface area contributed by atoms with Crippen LogP contribution in [0.5, 0.6) is 0 Å². The second-order valence-corrected chi connectivity index (χ2v) is 9.55. The lowest BCUT2D eigenvalue weighted by Gasteiger charge is -2.25. The van der Waals surface area contributed by atoms with E-state index in [0.29, 0.717) is 43.2 Å². The van der Waals surface area contributed by atoms with E-state index in [1.807, 2.05) is 72.2 Å². The monoisotopic (exact) mass is 437 g/mol. The largest absolute Gasteiger partial charge is 0.354 e. The number of nitrogens with zero attached hydrogens (tertiary/aromatic N) is 3. The number of carbonyl (C=O) groups excluding carboxylic acids is 1. The summed E-state index contributed by atoms with van der Waals surface area (Å²) in [6.45, 7) is 6.17. The van der Waals surface area contributed by atoms with Gasteiger partial charge >= 0.3 is 0 Å². The molecule has 4 rings (SSSR count). The maximum absolute atomic E-state index is 13.1. The highest BCUT2D eigenvalue weighted by Gasteiger charge is 2.34. The van der Waals surface area contributed by atoms with Crippen molar-refractivity contribution in [3.63, 3.8) is 0 Å². The first-order valence-corrected chi connectivity index (χ1v) is 12.0. The van der Waals surface area contributed by atoms with E-state index in [0.717, 1.165) is 12.0 Å². The van der Waals surface area contributed by atoms with Crippen LogP contribution in [0.2, 0.25) is 0 Å². The minimum atomic E-state index is -3.73. The molecule has 1 atom stereocenters. The lowest BCUT2D eigenvalue weighted by atomic mass is 10.00. The highest BCUT2D eigenvalue weighted by atomic mass is 32.2. The van der Waals surface area contributed by atoms with Gasteiger partial charge in [-0.15, -0.1) is 4.40 Å². The van der Waals surface area contributed by atoms with E-state index in [9.17, 15) is 13.2 Å². The minimum Gasteiger partial charge on any atom is -0.354 e. The Morgan fingerprint density at radius 2 is 1.58 bits per heavy atom. The summed E-state index contributed by atoms with van der Waals surface area (Å²) in [5.74, 6) is 0.402. The standard InChI is InChI=1S/C24H27N3O3S/c1-18(20-10-5-3-6-11-20)24(28)27-15-9-14-26(16-17-27)23-19(2)22(31(29,30)25-23)21-12-7-4-8-13-21/h3-8,10-13,18H,9,14-17H2,1-2H3/t18-/m0/s1. The summed E-state index contributed by atoms with van der Waals surface area (Å²) in [7, 11) is -3.73. The molecule has 0 aliphatic carbocycles. The Bertz CT molecular complexity index is 1130. The van der Waals surface area contributed by atoms with Gasteiger partial charge in [-0.05, 0) is 31.4 Å². The van der Waals surface area contributed by atoms with Gasteiger partial charge in [0.2, 0.25) is 5.91 Å². The number of amidine groups is 1. The molecule has 2 aliphatic heterocycles. The molecule has 1 amide bonds. The number of hydrogen-bond acceptors (Lipinski definition) is 4. The molecule has 162 valence electrons. The van der Waals surface area contributed by atoms with E-state index < -0.39 is 10.0 Å². The third-order valence-electron chi connectivity index (χ3n) is 5.95. The van der Waals surface area contributed by atoms with Crippen LogP contribution < -0.4 is 0 Å². The number of hydrogen-bond donors (Lipinski definition) is 0. The van der Waals surface area contributed by atoms with Crippen LogP contribution in [0.4, 0.5) is 0 Å². The fourth-order valence-electron chi connectivity index (χ4n) is 4.28. The quantitative estimate of drug-likeness (QED) is 0.737. The van der Waals surface area contributed by atoms with Crippen molar-refractivity contribution >= 4 is 26.7 Å². The average molecular weight is 438 g/mol. The van der Waals surface area contributed by atoms with Crippen molar-refractivity contribution in [1.29, 1.82) is 0 Å². The molecule has 0 aromatic heterocycles. The molecule has 1 saturated heterocycles. The predicted molar refractivity (Wildman–Crippen MR) is 123 cm³/mol. The number of rotatable bonds is 3. The Hall–Kier alpha value is -2.93. The van der Waals surface area contributed by atoms with Crippen LogP contribution >= 0.6 is 0 Å². The molecular formula is C24H27N3O3S. The summed E-state index contributed by atoms with van der Waals surface area (Å²) in [6, 6.07) is 18.9. The molecule has 1 fully saturated rings. The topological polar surface area (TPSA) is 70.1 Å². The van der Waals surface area contributed by atoms with Crippen LogP contribution in [0.3, 0.4) is 0 Å². The van der Waals surface area contributed by atoms with E-state index in [1.165, 1.54) is 0 Å². The maximum atomic E-state index is 13.1. The summed E-state index contributed by atoms with van der Waals surface area (Å²) in [5, 5.41) is 0. The van der Waals surface area contributed by atoms with Gasteiger partial charge < -0.3 is 9.80 Å². The van der Waals surface area contributed by atoms with Crippen molar-refractivity contribution in [3.05, 3.63) is 77.4 Å². The zero-order valence-electron chi connectivity index (χ0n) is 17.9. The fourth-order valence-corrected chi connectivity index (χ4v) is 5.76. The molecule has 0 saturated carbocycles. The van der Waals surface area contributed by atoms with Crippen molar-refractivity contribution in [2.75, 3.05) is 26.2 Å². The molecule has 0 N–H and O–H groups in total. The molecule has 6 nitrogen and oxygen atoms in total. The number of carbonyl (C=O) groups is 1. The fraction of sp³-hybridized carbons (Fsp3) is 0.333. The van der Waals surface area contributed by atoms with Crippen molar-refractivity contribution in [2.45, 2.75) is 26.2 Å². The lowest BCUT2D eigenvalue weighted by molar-refractivity contribution is -0.132. The summed E-state index contributed by atoms with van der Waals surface area (Å²) >= 11 is 0. The Kier molecular flexibility index (Phi) is 5.96. The first-order valence-electron chi connectivity index (χ1n) is 10.6. The van der Waals surface area contributed by atoms with Crippen LogP contribution in [0, 0.1) is 0 Å². The van der Waals surface area contributed by atoms with Gasteiger partial charge in [0.15, 0.2) is 0 Å². The Labute approximate surface area is 184 Å². The summed E-state index contributed by atoms with van der Waals surface area (Å²) in [5.41, 5.74) is 2.33. The molecule has 2 aromatic rings. The molecule has 0 spiro atoms. The third-order valence-corrected chi connectivity index (χ3v) is 7.42. The molecule has 0 radical (unpaired) electrons. The summed E-state index contributed by atoms with van der Waals surface area (Å²) in [6.07, 6.45) is 0.764. The van der Waals surface area contributed by atoms with Gasteiger partial charge in [0.1, 0.15) is 10.7 Å². The van der Waals surface area contributed by atoms with E-state index in [2.05, 4.69) is 4.40 Å². The molecule has 2 aromatic carbocycles. The summed E-state index contributed by atoms with van der Waals surface area (Å²) in [4.78, 5) is 17.2. The molecule has 7 heteroatoms. The molecule has 2 heterocycles. The van der Waals surface area contributed by atoms with Gasteiger partial charge in [-0.1, -0.05) is 60.7 Å². The molecule has 0 unspecified atom stereocenters. The average Bonchev–Trinajstić information content (AvgIpc) is 2.93. The first-order chi connectivity index (χ1) is 14.9. The summed E-state index contributed by atoms with van der Waals surface area (Å²) < 4.78 is 29.7. The van der Waals surface area contributed by atoms with Crippen LogP contribution in [0.15, 0.2) is 70.6 Å². The van der Waals surface area contributed by atoms with E-state index in [4.69, 9.17) is 0 Å². The first kappa shape index (κ1) is 21.3. The van der Waals surface area contributed by atoms with Crippen LogP contribution in [-0.4, -0.2) is 56.1 Å². The Morgan fingerprint density at radius 1 is 0.935 bits per heavy atom. The Balaban J connectivity index is 1.51. The van der Waals surface area contributed by atoms with Gasteiger partial charge in [0.05, 0.1) is 5.92 Å². The van der Waals surface area contributed by atoms with Gasteiger partial charge in [0, 0.05) is 31.8 Å². The lowest BCUT2D eigenvalue weighted by Crippen LogP contribution is -2.39. The van der Waals surface area contributed by atoms with Crippen molar-refractivity contribution < 1.29 is 13.2 Å². The normalized spacial score (nSPS) is 19.7. The van der Waals surface area contributed by atoms with E-state index >= 15 is 0 Å². The highest BCUT2D eigenvalue weighted by molar-refractivity contribution is 8.00. The van der Waals surface area contributed by atoms with Crippen LogP contribution in [-0.2, 0) is 14.8 Å². The van der Waals surface area contributed by atoms with Crippen molar-refractivity contribution in [3.8, 4) is 0 Å². The number of benzene rings is 2. The zero-order chi connectivity index (χ0) is 22.0. The van der Waals surface area contributed by atoms with Crippen LogP contribution in [0.25, 0.3) is 4.91 Å². The van der Waals surface area contributed by atoms with Gasteiger partial charge in [-0.2, -0.15) is 8.42 Å². The predicted octanol–water partition coefficient (Wildman–Crippen LogP) is 3.50. The molecule has 0 bridgehead atoms. The smallest absolute Gasteiger partial charge is 0.285 e. The van der Waals surface area contributed by atoms with Crippen molar-refractivity contribution in [1.82, 2.24) is 9.80 Å². The Morgan fingerprint density at radius 3 is 2.26 bits per heavy atom. The van der Waals surface area contributed by atoms with E-state index in [-0.39, 0.29) is 16.7 Å². The second kappa shape index (κ2) is 8.67. The number of sulfonamides is 1. The van der Waals surface area contributed by atoms with E-state index in [1.54, 1.807) is 12.1 Å². The molecule has 31 heavy (non-hydrogen) atoms. The molecule has 2 aliphatic rings. The number of amides is 1. The third kappa shape index (κ3) is 4.28. The minimum absolute atomic E-state index is 0.103. The highest BCUT2D eigenvalue weighted by Crippen LogP contribution is 2.33. The van der Waals surface area contributed by atoms with Gasteiger partial charge in [0.25, 0.3) is 10.0 Å². The van der Waals surface area contributed by atoms with Crippen molar-refractivity contribution in [2.24, 2.45) is 4.40 Å². The second-order valence-electron chi connectivity index (χ2n) is 8.01. The van der Waals surface area contributed by atoms with Crippen LogP contribution in [0.1, 0.15) is 37.3 Å². The SMILES string of the molecule is CC1=C(c2ccccc2)S(=O)(=O)N=C1N1CCCN(C(=O)[C@@H](C)c2ccccc2)CC1. The molecular weight excluding hydrogens is 410 g/mol. The van der Waals surface area contributed by atoms with Gasteiger partial charge in [-0.3, -0.25) is 4.79 Å². The van der Waals surface area contributed by atoms with Gasteiger partial charge in [-0.25, -0.2) is 0 Å². The maximum Gasteiger partial charge on any atom is 0.285 e.